The minimum atomic E-state index is -0.697. The van der Waals surface area contributed by atoms with Crippen molar-refractivity contribution in [1.29, 1.82) is 0 Å². The largest absolute Gasteiger partial charge is 0.467 e. The highest BCUT2D eigenvalue weighted by Crippen LogP contribution is 2.21. The van der Waals surface area contributed by atoms with Gasteiger partial charge in [-0.25, -0.2) is 4.79 Å². The molecular weight excluding hydrogens is 234 g/mol. The second kappa shape index (κ2) is 5.18. The molecule has 1 aromatic rings. The Morgan fingerprint density at radius 3 is 2.61 bits per heavy atom. The summed E-state index contributed by atoms with van der Waals surface area (Å²) in [4.78, 5) is 25.2. The van der Waals surface area contributed by atoms with Crippen molar-refractivity contribution in [1.82, 2.24) is 4.90 Å². The van der Waals surface area contributed by atoms with Crippen LogP contribution in [0.4, 0.5) is 0 Å². The fourth-order valence-electron chi connectivity index (χ4n) is 2.14. The number of methoxy groups -OCH3 is 1. The molecule has 0 spiro atoms. The lowest BCUT2D eigenvalue weighted by Gasteiger charge is -2.22. The zero-order valence-electron chi connectivity index (χ0n) is 10.1. The molecule has 1 aliphatic rings. The Balaban J connectivity index is 2.21. The van der Waals surface area contributed by atoms with Crippen LogP contribution in [0.5, 0.6) is 0 Å². The van der Waals surface area contributed by atoms with Gasteiger partial charge in [-0.15, -0.1) is 0 Å². The molecule has 1 fully saturated rings. The van der Waals surface area contributed by atoms with E-state index in [0.717, 1.165) is 0 Å². The monoisotopic (exact) mass is 249 g/mol. The Morgan fingerprint density at radius 2 is 2.00 bits per heavy atom. The fraction of sp³-hybridized carbons (Fsp3) is 0.385. The maximum Gasteiger partial charge on any atom is 0.328 e. The van der Waals surface area contributed by atoms with Gasteiger partial charge in [0.15, 0.2) is 0 Å². The number of amides is 1. The quantitative estimate of drug-likeness (QED) is 0.772. The second-order valence-electron chi connectivity index (χ2n) is 4.25. The van der Waals surface area contributed by atoms with Crippen LogP contribution in [0, 0.1) is 0 Å². The van der Waals surface area contributed by atoms with Crippen molar-refractivity contribution >= 4 is 11.9 Å². The Hall–Kier alpha value is -1.88. The van der Waals surface area contributed by atoms with Gasteiger partial charge in [-0.05, 0) is 12.1 Å². The molecule has 1 aromatic carbocycles. The maximum absolute atomic E-state index is 12.2. The Kier molecular flexibility index (Phi) is 3.62. The van der Waals surface area contributed by atoms with Crippen LogP contribution in [0.15, 0.2) is 30.3 Å². The number of ether oxygens (including phenoxy) is 1. The summed E-state index contributed by atoms with van der Waals surface area (Å²) in [5, 5.41) is 9.61. The van der Waals surface area contributed by atoms with Crippen molar-refractivity contribution in [3.05, 3.63) is 35.9 Å². The summed E-state index contributed by atoms with van der Waals surface area (Å²) < 4.78 is 4.65. The van der Waals surface area contributed by atoms with Crippen LogP contribution >= 0.6 is 0 Å². The van der Waals surface area contributed by atoms with E-state index < -0.39 is 18.1 Å². The number of aliphatic hydroxyl groups is 1. The maximum atomic E-state index is 12.2. The van der Waals surface area contributed by atoms with Crippen molar-refractivity contribution < 1.29 is 19.4 Å². The fourth-order valence-corrected chi connectivity index (χ4v) is 2.14. The topological polar surface area (TPSA) is 66.8 Å². The summed E-state index contributed by atoms with van der Waals surface area (Å²) >= 11 is 0. The Labute approximate surface area is 105 Å². The summed E-state index contributed by atoms with van der Waals surface area (Å²) in [6, 6.07) is 7.99. The van der Waals surface area contributed by atoms with Crippen molar-refractivity contribution in [3.8, 4) is 0 Å². The number of carbonyl (C=O) groups excluding carboxylic acids is 2. The molecular formula is C13H15NO4. The van der Waals surface area contributed by atoms with E-state index in [9.17, 15) is 14.7 Å². The molecule has 1 heterocycles. The molecule has 0 aliphatic carbocycles. The number of benzene rings is 1. The number of rotatable bonds is 2. The number of esters is 1. The summed E-state index contributed by atoms with van der Waals surface area (Å²) in [7, 11) is 1.28. The van der Waals surface area contributed by atoms with Gasteiger partial charge in [0.25, 0.3) is 5.91 Å². The molecule has 1 saturated heterocycles. The van der Waals surface area contributed by atoms with Gasteiger partial charge < -0.3 is 14.7 Å². The summed E-state index contributed by atoms with van der Waals surface area (Å²) in [5.41, 5.74) is 0.500. The van der Waals surface area contributed by atoms with Gasteiger partial charge in [-0.3, -0.25) is 4.79 Å². The predicted molar refractivity (Wildman–Crippen MR) is 63.9 cm³/mol. The van der Waals surface area contributed by atoms with Crippen LogP contribution in [-0.2, 0) is 9.53 Å². The molecule has 2 atom stereocenters. The smallest absolute Gasteiger partial charge is 0.328 e. The van der Waals surface area contributed by atoms with Crippen molar-refractivity contribution in [2.45, 2.75) is 18.6 Å². The lowest BCUT2D eigenvalue weighted by atomic mass is 10.1. The average Bonchev–Trinajstić information content (AvgIpc) is 2.80. The Bertz CT molecular complexity index is 446. The molecule has 2 rings (SSSR count). The average molecular weight is 249 g/mol. The van der Waals surface area contributed by atoms with Crippen molar-refractivity contribution in [2.75, 3.05) is 13.7 Å². The van der Waals surface area contributed by atoms with Gasteiger partial charge in [0.05, 0.1) is 13.2 Å². The van der Waals surface area contributed by atoms with Gasteiger partial charge in [0, 0.05) is 18.5 Å². The van der Waals surface area contributed by atoms with Crippen LogP contribution < -0.4 is 0 Å². The van der Waals surface area contributed by atoms with E-state index in [1.165, 1.54) is 12.0 Å². The first-order valence-corrected chi connectivity index (χ1v) is 5.75. The third-order valence-corrected chi connectivity index (χ3v) is 3.03. The zero-order valence-corrected chi connectivity index (χ0v) is 10.1. The molecule has 0 aromatic heterocycles. The minimum Gasteiger partial charge on any atom is -0.467 e. The number of likely N-dealkylation sites (tertiary alicyclic amines) is 1. The summed E-state index contributed by atoms with van der Waals surface area (Å²) in [6.07, 6.45) is -0.451. The third-order valence-electron chi connectivity index (χ3n) is 3.03. The number of nitrogens with zero attached hydrogens (tertiary/aromatic N) is 1. The second-order valence-corrected chi connectivity index (χ2v) is 4.25. The van der Waals surface area contributed by atoms with E-state index >= 15 is 0 Å². The van der Waals surface area contributed by atoms with E-state index in [4.69, 9.17) is 0 Å². The molecule has 0 saturated carbocycles. The molecule has 1 amide bonds. The minimum absolute atomic E-state index is 0.160. The first kappa shape index (κ1) is 12.6. The SMILES string of the molecule is COC(=O)[C@H]1CC(O)CN1C(=O)c1ccccc1. The molecule has 18 heavy (non-hydrogen) atoms. The molecule has 5 heteroatoms. The van der Waals surface area contributed by atoms with Crippen LogP contribution in [0.3, 0.4) is 0 Å². The van der Waals surface area contributed by atoms with E-state index in [1.54, 1.807) is 24.3 Å². The Morgan fingerprint density at radius 1 is 1.33 bits per heavy atom. The molecule has 1 unspecified atom stereocenters. The number of hydrogen-bond donors (Lipinski definition) is 1. The first-order valence-electron chi connectivity index (χ1n) is 5.75. The van der Waals surface area contributed by atoms with E-state index in [-0.39, 0.29) is 18.9 Å². The van der Waals surface area contributed by atoms with Crippen LogP contribution in [-0.4, -0.2) is 47.7 Å². The highest BCUT2D eigenvalue weighted by atomic mass is 16.5. The molecule has 1 N–H and O–H groups in total. The predicted octanol–water partition coefficient (Wildman–Crippen LogP) is 0.435. The zero-order chi connectivity index (χ0) is 13.1. The number of aliphatic hydroxyl groups excluding tert-OH is 1. The van der Waals surface area contributed by atoms with Gasteiger partial charge in [-0.1, -0.05) is 18.2 Å². The van der Waals surface area contributed by atoms with Crippen LogP contribution in [0.1, 0.15) is 16.8 Å². The first-order chi connectivity index (χ1) is 8.63. The van der Waals surface area contributed by atoms with Crippen molar-refractivity contribution in [2.24, 2.45) is 0 Å². The highest BCUT2D eigenvalue weighted by Gasteiger charge is 2.39. The van der Waals surface area contributed by atoms with E-state index in [2.05, 4.69) is 4.74 Å². The summed E-state index contributed by atoms with van der Waals surface area (Å²) in [6.45, 7) is 0.160. The molecule has 0 bridgehead atoms. The van der Waals surface area contributed by atoms with E-state index in [0.29, 0.717) is 5.56 Å². The lowest BCUT2D eigenvalue weighted by molar-refractivity contribution is -0.145. The molecule has 1 aliphatic heterocycles. The standard InChI is InChI=1S/C13H15NO4/c1-18-13(17)11-7-10(15)8-14(11)12(16)9-5-3-2-4-6-9/h2-6,10-11,15H,7-8H2,1H3/t10?,11-/m1/s1. The number of carbonyl (C=O) groups is 2. The van der Waals surface area contributed by atoms with Gasteiger partial charge in [0.1, 0.15) is 6.04 Å². The van der Waals surface area contributed by atoms with Gasteiger partial charge in [-0.2, -0.15) is 0 Å². The van der Waals surface area contributed by atoms with E-state index in [1.807, 2.05) is 6.07 Å². The highest BCUT2D eigenvalue weighted by molar-refractivity contribution is 5.97. The lowest BCUT2D eigenvalue weighted by Crippen LogP contribution is -2.41. The van der Waals surface area contributed by atoms with Gasteiger partial charge >= 0.3 is 5.97 Å². The molecule has 96 valence electrons. The van der Waals surface area contributed by atoms with Crippen molar-refractivity contribution in [3.63, 3.8) is 0 Å². The summed E-state index contributed by atoms with van der Waals surface area (Å²) in [5.74, 6) is -0.751. The normalized spacial score (nSPS) is 22.9. The molecule has 5 nitrogen and oxygen atoms in total. The third kappa shape index (κ3) is 2.36. The van der Waals surface area contributed by atoms with Crippen LogP contribution in [0.2, 0.25) is 0 Å². The van der Waals surface area contributed by atoms with Crippen LogP contribution in [0.25, 0.3) is 0 Å². The van der Waals surface area contributed by atoms with Gasteiger partial charge in [0.2, 0.25) is 0 Å². The number of β-amino-alcohol motifs (C(OH)–C–C–N with tert-alkyl or cyclic N) is 1. The number of hydrogen-bond acceptors (Lipinski definition) is 4. The molecule has 0 radical (unpaired) electrons.